The molecule has 0 radical (unpaired) electrons. The predicted octanol–water partition coefficient (Wildman–Crippen LogP) is 4.26. The van der Waals surface area contributed by atoms with Crippen LogP contribution in [0.15, 0.2) is 42.5 Å². The Balaban J connectivity index is 1.60. The van der Waals surface area contributed by atoms with Crippen LogP contribution in [-0.4, -0.2) is 76.7 Å². The summed E-state index contributed by atoms with van der Waals surface area (Å²) in [6, 6.07) is 11.7. The van der Waals surface area contributed by atoms with Gasteiger partial charge in [0.05, 0.1) is 29.5 Å². The topological polar surface area (TPSA) is 119 Å². The van der Waals surface area contributed by atoms with Crippen molar-refractivity contribution in [3.8, 4) is 5.75 Å². The van der Waals surface area contributed by atoms with Crippen LogP contribution in [0.2, 0.25) is 0 Å². The third kappa shape index (κ3) is 7.01. The number of carbonyl (C=O) groups excluding carboxylic acids is 2. The Morgan fingerprint density at radius 2 is 1.82 bits per heavy atom. The molecule has 1 aliphatic heterocycles. The Hall–Kier alpha value is -3.43. The van der Waals surface area contributed by atoms with Crippen molar-refractivity contribution in [2.45, 2.75) is 64.6 Å². The van der Waals surface area contributed by atoms with Crippen molar-refractivity contribution >= 4 is 23.5 Å². The lowest BCUT2D eigenvalue weighted by Crippen LogP contribution is -2.49. The molecule has 1 heterocycles. The Labute approximate surface area is 236 Å². The van der Waals surface area contributed by atoms with Gasteiger partial charge in [0.2, 0.25) is 5.91 Å². The van der Waals surface area contributed by atoms with Crippen LogP contribution in [-0.2, 0) is 11.3 Å². The number of carboxylic acid groups (broad SMARTS) is 1. The zero-order valence-electron chi connectivity index (χ0n) is 23.6. The molecule has 3 N–H and O–H groups in total. The second-order valence-corrected chi connectivity index (χ2v) is 11.3. The molecule has 0 bridgehead atoms. The number of aliphatic hydroxyl groups excluding tert-OH is 1. The number of carbonyl (C=O) groups is 3. The van der Waals surface area contributed by atoms with Crippen molar-refractivity contribution in [1.29, 1.82) is 0 Å². The van der Waals surface area contributed by atoms with E-state index in [9.17, 15) is 24.6 Å². The van der Waals surface area contributed by atoms with Gasteiger partial charge in [-0.1, -0.05) is 44.4 Å². The first-order chi connectivity index (χ1) is 19.2. The lowest BCUT2D eigenvalue weighted by Gasteiger charge is -2.38. The van der Waals surface area contributed by atoms with E-state index in [-0.39, 0.29) is 48.0 Å². The van der Waals surface area contributed by atoms with E-state index in [1.54, 1.807) is 47.4 Å². The standard InChI is InChI=1S/C31H41N3O6/c1-20-16-34(21(2)19-35)30(37)25-10-7-11-26(32-29(36)23-8-5-4-6-9-23)28(25)40-27(20)18-33(3)17-22-12-14-24(15-13-22)31(38)39/h7,10-15,20-21,23,27,35H,4-6,8-9,16-19H2,1-3H3,(H,32,36)(H,38,39)/t20-,21+,27+/m0/s1. The molecule has 2 amide bonds. The molecule has 9 nitrogen and oxygen atoms in total. The van der Waals surface area contributed by atoms with Gasteiger partial charge in [0.1, 0.15) is 6.10 Å². The minimum Gasteiger partial charge on any atom is -0.486 e. The third-order valence-corrected chi connectivity index (χ3v) is 8.07. The van der Waals surface area contributed by atoms with Gasteiger partial charge in [-0.3, -0.25) is 14.5 Å². The SMILES string of the molecule is C[C@H](CO)N1C[C@H](C)[C@@H](CN(C)Cc2ccc(C(=O)O)cc2)Oc2c(NC(=O)C3CCCCC3)cccc2C1=O. The number of likely N-dealkylation sites (N-methyl/N-ethyl adjacent to an activating group) is 1. The van der Waals surface area contributed by atoms with Gasteiger partial charge in [0.15, 0.2) is 5.75 Å². The molecule has 3 atom stereocenters. The summed E-state index contributed by atoms with van der Waals surface area (Å²) in [6.07, 6.45) is 4.63. The van der Waals surface area contributed by atoms with E-state index in [0.717, 1.165) is 37.7 Å². The van der Waals surface area contributed by atoms with Crippen LogP contribution in [0.4, 0.5) is 5.69 Å². The summed E-state index contributed by atoms with van der Waals surface area (Å²) in [5, 5.41) is 22.2. The second kappa shape index (κ2) is 13.3. The van der Waals surface area contributed by atoms with E-state index >= 15 is 0 Å². The van der Waals surface area contributed by atoms with Gasteiger partial charge in [0, 0.05) is 31.5 Å². The van der Waals surface area contributed by atoms with Gasteiger partial charge in [-0.05, 0) is 56.6 Å². The van der Waals surface area contributed by atoms with Crippen LogP contribution in [0.1, 0.15) is 72.2 Å². The van der Waals surface area contributed by atoms with E-state index in [1.165, 1.54) is 0 Å². The average molecular weight is 552 g/mol. The number of amides is 2. The highest BCUT2D eigenvalue weighted by molar-refractivity contribution is 6.02. The highest BCUT2D eigenvalue weighted by Gasteiger charge is 2.35. The van der Waals surface area contributed by atoms with Crippen molar-refractivity contribution < 1.29 is 29.3 Å². The molecule has 1 aliphatic carbocycles. The first-order valence-electron chi connectivity index (χ1n) is 14.2. The molecular formula is C31H41N3O6. The molecule has 2 aromatic rings. The van der Waals surface area contributed by atoms with Gasteiger partial charge in [-0.15, -0.1) is 0 Å². The van der Waals surface area contributed by atoms with E-state index in [4.69, 9.17) is 4.74 Å². The first kappa shape index (κ1) is 29.6. The quantitative estimate of drug-likeness (QED) is 0.426. The molecule has 1 saturated carbocycles. The van der Waals surface area contributed by atoms with Crippen LogP contribution in [0.3, 0.4) is 0 Å². The van der Waals surface area contributed by atoms with Crippen LogP contribution in [0.25, 0.3) is 0 Å². The Morgan fingerprint density at radius 1 is 1.12 bits per heavy atom. The van der Waals surface area contributed by atoms with Crippen LogP contribution < -0.4 is 10.1 Å². The minimum atomic E-state index is -0.960. The monoisotopic (exact) mass is 551 g/mol. The van der Waals surface area contributed by atoms with Crippen molar-refractivity contribution in [2.75, 3.05) is 32.1 Å². The van der Waals surface area contributed by atoms with E-state index in [0.29, 0.717) is 36.6 Å². The lowest BCUT2D eigenvalue weighted by atomic mass is 9.88. The normalized spacial score (nSPS) is 20.7. The number of hydrogen-bond acceptors (Lipinski definition) is 6. The summed E-state index contributed by atoms with van der Waals surface area (Å²) in [5.41, 5.74) is 2.07. The highest BCUT2D eigenvalue weighted by atomic mass is 16.5. The molecule has 2 aromatic carbocycles. The Kier molecular flexibility index (Phi) is 9.81. The van der Waals surface area contributed by atoms with Crippen molar-refractivity contribution in [1.82, 2.24) is 9.80 Å². The second-order valence-electron chi connectivity index (χ2n) is 11.3. The van der Waals surface area contributed by atoms with Crippen LogP contribution in [0, 0.1) is 11.8 Å². The zero-order valence-corrected chi connectivity index (χ0v) is 23.6. The summed E-state index contributed by atoms with van der Waals surface area (Å²) in [7, 11) is 1.97. The molecule has 9 heteroatoms. The Bertz CT molecular complexity index is 1190. The summed E-state index contributed by atoms with van der Waals surface area (Å²) >= 11 is 0. The summed E-state index contributed by atoms with van der Waals surface area (Å²) < 4.78 is 6.62. The molecule has 0 unspecified atom stereocenters. The molecule has 40 heavy (non-hydrogen) atoms. The summed E-state index contributed by atoms with van der Waals surface area (Å²) in [6.45, 7) is 5.20. The van der Waals surface area contributed by atoms with Crippen LogP contribution in [0.5, 0.6) is 5.75 Å². The van der Waals surface area contributed by atoms with Gasteiger partial charge in [0.25, 0.3) is 5.91 Å². The van der Waals surface area contributed by atoms with E-state index < -0.39 is 5.97 Å². The van der Waals surface area contributed by atoms with Crippen molar-refractivity contribution in [3.63, 3.8) is 0 Å². The van der Waals surface area contributed by atoms with Gasteiger partial charge in [-0.2, -0.15) is 0 Å². The predicted molar refractivity (Wildman–Crippen MR) is 153 cm³/mol. The number of aliphatic hydroxyl groups is 1. The lowest BCUT2D eigenvalue weighted by molar-refractivity contribution is -0.120. The van der Waals surface area contributed by atoms with Gasteiger partial charge >= 0.3 is 5.97 Å². The van der Waals surface area contributed by atoms with Crippen LogP contribution >= 0.6 is 0 Å². The fourth-order valence-corrected chi connectivity index (χ4v) is 5.60. The minimum absolute atomic E-state index is 0.0432. The molecule has 0 saturated heterocycles. The fourth-order valence-electron chi connectivity index (χ4n) is 5.60. The molecular weight excluding hydrogens is 510 g/mol. The fraction of sp³-hybridized carbons (Fsp3) is 0.516. The maximum absolute atomic E-state index is 13.7. The smallest absolute Gasteiger partial charge is 0.335 e. The van der Waals surface area contributed by atoms with E-state index in [1.807, 2.05) is 20.9 Å². The number of para-hydroxylation sites is 1. The number of benzene rings is 2. The molecule has 2 aliphatic rings. The van der Waals surface area contributed by atoms with Crippen molar-refractivity contribution in [2.24, 2.45) is 11.8 Å². The summed E-state index contributed by atoms with van der Waals surface area (Å²) in [4.78, 5) is 41.8. The molecule has 216 valence electrons. The number of fused-ring (bicyclic) bond motifs is 1. The largest absolute Gasteiger partial charge is 0.486 e. The average Bonchev–Trinajstić information content (AvgIpc) is 2.95. The number of nitrogens with zero attached hydrogens (tertiary/aromatic N) is 2. The van der Waals surface area contributed by atoms with Gasteiger partial charge < -0.3 is 25.2 Å². The van der Waals surface area contributed by atoms with Crippen molar-refractivity contribution in [3.05, 3.63) is 59.2 Å². The zero-order chi connectivity index (χ0) is 28.8. The molecule has 4 rings (SSSR count). The Morgan fingerprint density at radius 3 is 2.48 bits per heavy atom. The molecule has 1 fully saturated rings. The number of carboxylic acids is 1. The number of anilines is 1. The maximum Gasteiger partial charge on any atom is 0.335 e. The first-order valence-corrected chi connectivity index (χ1v) is 14.2. The third-order valence-electron chi connectivity index (χ3n) is 8.07. The maximum atomic E-state index is 13.7. The molecule has 0 spiro atoms. The summed E-state index contributed by atoms with van der Waals surface area (Å²) in [5.74, 6) is -1.00. The van der Waals surface area contributed by atoms with Gasteiger partial charge in [-0.25, -0.2) is 4.79 Å². The highest BCUT2D eigenvalue weighted by Crippen LogP contribution is 2.36. The van der Waals surface area contributed by atoms with E-state index in [2.05, 4.69) is 10.2 Å². The molecule has 0 aromatic heterocycles. The number of aromatic carboxylic acids is 1. The number of rotatable bonds is 9. The number of nitrogens with one attached hydrogen (secondary N) is 1. The number of hydrogen-bond donors (Lipinski definition) is 3. The number of ether oxygens (including phenoxy) is 1.